The lowest BCUT2D eigenvalue weighted by Crippen LogP contribution is -2.56. The van der Waals surface area contributed by atoms with Crippen LogP contribution in [0, 0.1) is 0 Å². The van der Waals surface area contributed by atoms with E-state index in [1.807, 2.05) is 10.9 Å². The van der Waals surface area contributed by atoms with Crippen molar-refractivity contribution in [2.24, 2.45) is 0 Å². The number of hydrogen-bond donors (Lipinski definition) is 1. The summed E-state index contributed by atoms with van der Waals surface area (Å²) in [5, 5.41) is 8.04. The molecule has 19 heavy (non-hydrogen) atoms. The molecular weight excluding hydrogens is 240 g/mol. The molecule has 0 bridgehead atoms. The number of anilines is 1. The van der Waals surface area contributed by atoms with Crippen LogP contribution in [0.2, 0.25) is 0 Å². The van der Waals surface area contributed by atoms with Gasteiger partial charge in [-0.2, -0.15) is 5.10 Å². The largest absolute Gasteiger partial charge is 0.383 e. The Morgan fingerprint density at radius 3 is 2.95 bits per heavy atom. The third-order valence-electron chi connectivity index (χ3n) is 3.94. The molecule has 0 amide bonds. The zero-order valence-electron chi connectivity index (χ0n) is 12.3. The minimum atomic E-state index is 0.572. The van der Waals surface area contributed by atoms with E-state index in [4.69, 9.17) is 4.74 Å². The van der Waals surface area contributed by atoms with Gasteiger partial charge in [-0.15, -0.1) is 0 Å². The van der Waals surface area contributed by atoms with Crippen LogP contribution < -0.4 is 10.2 Å². The van der Waals surface area contributed by atoms with Gasteiger partial charge in [-0.1, -0.05) is 13.8 Å². The monoisotopic (exact) mass is 266 g/mol. The molecule has 0 aliphatic carbocycles. The van der Waals surface area contributed by atoms with E-state index in [-0.39, 0.29) is 0 Å². The van der Waals surface area contributed by atoms with Gasteiger partial charge in [0.05, 0.1) is 25.0 Å². The van der Waals surface area contributed by atoms with E-state index in [0.29, 0.717) is 18.7 Å². The van der Waals surface area contributed by atoms with Gasteiger partial charge in [0.25, 0.3) is 0 Å². The highest BCUT2D eigenvalue weighted by Gasteiger charge is 2.26. The number of hydrogen-bond acceptors (Lipinski definition) is 4. The lowest BCUT2D eigenvalue weighted by Gasteiger charge is -2.40. The molecule has 1 saturated heterocycles. The Hall–Kier alpha value is -1.07. The van der Waals surface area contributed by atoms with Crippen molar-refractivity contribution < 1.29 is 4.74 Å². The quantitative estimate of drug-likeness (QED) is 0.847. The third kappa shape index (κ3) is 3.48. The molecule has 108 valence electrons. The molecule has 0 radical (unpaired) electrons. The Morgan fingerprint density at radius 1 is 1.42 bits per heavy atom. The van der Waals surface area contributed by atoms with E-state index in [9.17, 15) is 0 Å². The Balaban J connectivity index is 2.05. The Kier molecular flexibility index (Phi) is 5.22. The van der Waals surface area contributed by atoms with Crippen LogP contribution in [0.25, 0.3) is 0 Å². The summed E-state index contributed by atoms with van der Waals surface area (Å²) in [6.45, 7) is 8.16. The fourth-order valence-electron chi connectivity index (χ4n) is 2.63. The van der Waals surface area contributed by atoms with Crippen LogP contribution in [0.15, 0.2) is 12.4 Å². The number of nitrogens with one attached hydrogen (secondary N) is 1. The van der Waals surface area contributed by atoms with Crippen molar-refractivity contribution in [3.63, 3.8) is 0 Å². The van der Waals surface area contributed by atoms with Gasteiger partial charge in [-0.3, -0.25) is 4.68 Å². The summed E-state index contributed by atoms with van der Waals surface area (Å²) in [7, 11) is 1.72. The maximum absolute atomic E-state index is 5.09. The van der Waals surface area contributed by atoms with E-state index >= 15 is 0 Å². The number of ether oxygens (including phenoxy) is 1. The zero-order chi connectivity index (χ0) is 13.7. The van der Waals surface area contributed by atoms with Gasteiger partial charge >= 0.3 is 0 Å². The van der Waals surface area contributed by atoms with Crippen molar-refractivity contribution in [1.29, 1.82) is 0 Å². The average Bonchev–Trinajstić information content (AvgIpc) is 2.93. The first-order chi connectivity index (χ1) is 9.28. The van der Waals surface area contributed by atoms with E-state index in [0.717, 1.165) is 26.1 Å². The Bertz CT molecular complexity index is 379. The smallest absolute Gasteiger partial charge is 0.0756 e. The summed E-state index contributed by atoms with van der Waals surface area (Å²) in [5.41, 5.74) is 1.24. The second kappa shape index (κ2) is 6.91. The molecule has 5 nitrogen and oxygen atoms in total. The van der Waals surface area contributed by atoms with Crippen LogP contribution >= 0.6 is 0 Å². The predicted octanol–water partition coefficient (Wildman–Crippen LogP) is 1.50. The minimum Gasteiger partial charge on any atom is -0.383 e. The van der Waals surface area contributed by atoms with Crippen LogP contribution in [-0.2, 0) is 11.3 Å². The standard InChI is InChI=1S/C14H26N4O/c1-4-12-10-18(13(5-2)8-15-12)14-9-16-17(11-14)6-7-19-3/h9,11-13,15H,4-8,10H2,1-3H3. The highest BCUT2D eigenvalue weighted by molar-refractivity contribution is 5.44. The molecule has 2 atom stereocenters. The van der Waals surface area contributed by atoms with Crippen LogP contribution in [0.5, 0.6) is 0 Å². The van der Waals surface area contributed by atoms with Crippen LogP contribution in [-0.4, -0.2) is 48.7 Å². The lowest BCUT2D eigenvalue weighted by molar-refractivity contribution is 0.183. The fraction of sp³-hybridized carbons (Fsp3) is 0.786. The van der Waals surface area contributed by atoms with Crippen molar-refractivity contribution in [2.75, 3.05) is 31.7 Å². The molecule has 0 saturated carbocycles. The molecule has 1 fully saturated rings. The summed E-state index contributed by atoms with van der Waals surface area (Å²) in [6.07, 6.45) is 6.45. The molecule has 0 spiro atoms. The van der Waals surface area contributed by atoms with E-state index in [1.165, 1.54) is 12.1 Å². The van der Waals surface area contributed by atoms with Gasteiger partial charge in [0.1, 0.15) is 0 Å². The van der Waals surface area contributed by atoms with E-state index in [1.54, 1.807) is 7.11 Å². The summed E-state index contributed by atoms with van der Waals surface area (Å²) in [5.74, 6) is 0. The maximum Gasteiger partial charge on any atom is 0.0756 e. The highest BCUT2D eigenvalue weighted by Crippen LogP contribution is 2.21. The van der Waals surface area contributed by atoms with Crippen LogP contribution in [0.1, 0.15) is 26.7 Å². The molecule has 1 aromatic heterocycles. The number of rotatable bonds is 6. The van der Waals surface area contributed by atoms with Gasteiger partial charge in [0, 0.05) is 38.5 Å². The van der Waals surface area contributed by atoms with Crippen LogP contribution in [0.3, 0.4) is 0 Å². The number of aromatic nitrogens is 2. The van der Waals surface area contributed by atoms with Crippen molar-refractivity contribution in [3.8, 4) is 0 Å². The first-order valence-electron chi connectivity index (χ1n) is 7.29. The summed E-state index contributed by atoms with van der Waals surface area (Å²) in [4.78, 5) is 2.50. The summed E-state index contributed by atoms with van der Waals surface area (Å²) in [6, 6.07) is 1.16. The number of nitrogens with zero attached hydrogens (tertiary/aromatic N) is 3. The third-order valence-corrected chi connectivity index (χ3v) is 3.94. The zero-order valence-corrected chi connectivity index (χ0v) is 12.3. The first kappa shape index (κ1) is 14.3. The molecule has 5 heteroatoms. The second-order valence-electron chi connectivity index (χ2n) is 5.18. The van der Waals surface area contributed by atoms with Crippen LogP contribution in [0.4, 0.5) is 5.69 Å². The van der Waals surface area contributed by atoms with E-state index < -0.39 is 0 Å². The summed E-state index contributed by atoms with van der Waals surface area (Å²) < 4.78 is 7.06. The molecular formula is C14H26N4O. The predicted molar refractivity (Wildman–Crippen MR) is 77.6 cm³/mol. The molecule has 1 aliphatic heterocycles. The second-order valence-corrected chi connectivity index (χ2v) is 5.18. The molecule has 0 aromatic carbocycles. The van der Waals surface area contributed by atoms with Crippen molar-refractivity contribution >= 4 is 5.69 Å². The van der Waals surface area contributed by atoms with E-state index in [2.05, 4.69) is 35.4 Å². The normalized spacial score (nSPS) is 23.8. The number of methoxy groups -OCH3 is 1. The van der Waals surface area contributed by atoms with Gasteiger partial charge in [0.15, 0.2) is 0 Å². The summed E-state index contributed by atoms with van der Waals surface area (Å²) >= 11 is 0. The molecule has 2 heterocycles. The molecule has 1 aromatic rings. The Labute approximate surface area is 115 Å². The Morgan fingerprint density at radius 2 is 2.26 bits per heavy atom. The molecule has 2 unspecified atom stereocenters. The maximum atomic E-state index is 5.09. The SMILES string of the molecule is CCC1CN(c2cnn(CCOC)c2)C(CC)CN1. The average molecular weight is 266 g/mol. The molecule has 2 rings (SSSR count). The van der Waals surface area contributed by atoms with Gasteiger partial charge in [-0.25, -0.2) is 0 Å². The van der Waals surface area contributed by atoms with Gasteiger partial charge in [-0.05, 0) is 12.8 Å². The molecule has 1 N–H and O–H groups in total. The number of piperazine rings is 1. The van der Waals surface area contributed by atoms with Crippen molar-refractivity contribution in [1.82, 2.24) is 15.1 Å². The van der Waals surface area contributed by atoms with Gasteiger partial charge < -0.3 is 15.0 Å². The minimum absolute atomic E-state index is 0.572. The highest BCUT2D eigenvalue weighted by atomic mass is 16.5. The van der Waals surface area contributed by atoms with Gasteiger partial charge in [0.2, 0.25) is 0 Å². The topological polar surface area (TPSA) is 42.3 Å². The fourth-order valence-corrected chi connectivity index (χ4v) is 2.63. The van der Waals surface area contributed by atoms with Crippen molar-refractivity contribution in [3.05, 3.63) is 12.4 Å². The van der Waals surface area contributed by atoms with Crippen molar-refractivity contribution in [2.45, 2.75) is 45.3 Å². The first-order valence-corrected chi connectivity index (χ1v) is 7.29. The molecule has 1 aliphatic rings. The lowest BCUT2D eigenvalue weighted by atomic mass is 10.0.